The lowest BCUT2D eigenvalue weighted by molar-refractivity contribution is -0.340. The topological polar surface area (TPSA) is 213 Å². The van der Waals surface area contributed by atoms with Gasteiger partial charge in [-0.2, -0.15) is 0 Å². The highest BCUT2D eigenvalue weighted by atomic mass is 16.7. The molecule has 0 spiro atoms. The molecular weight excluding hydrogens is 773 g/mol. The van der Waals surface area contributed by atoms with Crippen molar-refractivity contribution in [2.75, 3.05) is 6.61 Å². The van der Waals surface area contributed by atoms with Crippen LogP contribution in [-0.4, -0.2) is 122 Å². The van der Waals surface area contributed by atoms with Crippen LogP contribution in [-0.2, 0) is 28.5 Å². The standard InChI is InChI=1S/C47H88O13/c1-4-6-8-10-12-13-14-15-16-17-18-19-23-27-31-36(48)57-33-35-45(43(55)44(56)47(58-35)60-46-41(53)39(51)38(50)40(52)42(46)54)59-37(49)32-28-24-20-22-26-30-34(3)29-25-21-11-9-7-5-2/h34-35,38-47,50-56H,4-33H2,1-3H3/t34?,35-,38?,39-,40+,41+,42-,43-,44+,45-,46?,47-/m1/s1. The maximum atomic E-state index is 13.0. The molecule has 13 heteroatoms. The van der Waals surface area contributed by atoms with Crippen molar-refractivity contribution < 1.29 is 64.3 Å². The molecule has 12 atom stereocenters. The number of unbranched alkanes of at least 4 members (excludes halogenated alkanes) is 22. The maximum absolute atomic E-state index is 13.0. The van der Waals surface area contributed by atoms with Gasteiger partial charge in [0.25, 0.3) is 0 Å². The summed E-state index contributed by atoms with van der Waals surface area (Å²) in [7, 11) is 0. The van der Waals surface area contributed by atoms with Crippen molar-refractivity contribution in [1.82, 2.24) is 0 Å². The monoisotopic (exact) mass is 861 g/mol. The quantitative estimate of drug-likeness (QED) is 0.0251. The first-order chi connectivity index (χ1) is 28.9. The molecule has 0 aromatic heterocycles. The van der Waals surface area contributed by atoms with Crippen LogP contribution in [0.4, 0.5) is 0 Å². The van der Waals surface area contributed by atoms with Crippen molar-refractivity contribution >= 4 is 11.9 Å². The summed E-state index contributed by atoms with van der Waals surface area (Å²) in [5, 5.41) is 73.5. The van der Waals surface area contributed by atoms with Gasteiger partial charge in [0.05, 0.1) is 0 Å². The van der Waals surface area contributed by atoms with Gasteiger partial charge < -0.3 is 54.7 Å². The second kappa shape index (κ2) is 33.1. The summed E-state index contributed by atoms with van der Waals surface area (Å²) in [6, 6.07) is 0. The number of carbonyl (C=O) groups is 2. The SMILES string of the molecule is CCCCCCCCCCCCCCCCC(=O)OC[C@H]1O[C@H](OC2[C@@H](O)[C@H](O)C(O)[C@H](O)[C@H]2O)[C@@H](O)[C@@H](O)[C@@H]1OC(=O)CCCCCCCC(C)CCCCCCCC. The molecule has 1 aliphatic heterocycles. The van der Waals surface area contributed by atoms with E-state index in [1.165, 1.54) is 116 Å². The van der Waals surface area contributed by atoms with Gasteiger partial charge in [0, 0.05) is 12.8 Å². The van der Waals surface area contributed by atoms with Crippen LogP contribution in [0.2, 0.25) is 0 Å². The Morgan fingerprint density at radius 1 is 0.467 bits per heavy atom. The van der Waals surface area contributed by atoms with Crippen molar-refractivity contribution in [3.05, 3.63) is 0 Å². The molecule has 7 N–H and O–H groups in total. The molecule has 2 rings (SSSR count). The predicted octanol–water partition coefficient (Wildman–Crippen LogP) is 7.08. The molecule has 0 aromatic carbocycles. The number of aliphatic hydroxyl groups excluding tert-OH is 7. The fraction of sp³-hybridized carbons (Fsp3) is 0.957. The number of aliphatic hydroxyl groups is 7. The Hall–Kier alpha value is -1.42. The van der Waals surface area contributed by atoms with Crippen molar-refractivity contribution in [3.8, 4) is 0 Å². The number of hydrogen-bond acceptors (Lipinski definition) is 13. The molecule has 354 valence electrons. The Balaban J connectivity index is 1.82. The normalized spacial score (nSPS) is 28.7. The van der Waals surface area contributed by atoms with Crippen molar-refractivity contribution in [1.29, 1.82) is 0 Å². The van der Waals surface area contributed by atoms with E-state index in [2.05, 4.69) is 20.8 Å². The van der Waals surface area contributed by atoms with Gasteiger partial charge in [-0.25, -0.2) is 0 Å². The molecule has 3 unspecified atom stereocenters. The van der Waals surface area contributed by atoms with Crippen LogP contribution < -0.4 is 0 Å². The molecule has 1 saturated heterocycles. The van der Waals surface area contributed by atoms with Gasteiger partial charge in [0.2, 0.25) is 0 Å². The predicted molar refractivity (Wildman–Crippen MR) is 231 cm³/mol. The number of rotatable bonds is 35. The number of hydrogen-bond donors (Lipinski definition) is 7. The summed E-state index contributed by atoms with van der Waals surface area (Å²) in [6.07, 6.45) is 12.5. The van der Waals surface area contributed by atoms with Crippen LogP contribution in [0.5, 0.6) is 0 Å². The van der Waals surface area contributed by atoms with E-state index in [4.69, 9.17) is 18.9 Å². The minimum absolute atomic E-state index is 0.0812. The van der Waals surface area contributed by atoms with E-state index in [9.17, 15) is 45.3 Å². The zero-order chi connectivity index (χ0) is 44.1. The molecule has 2 fully saturated rings. The number of carbonyl (C=O) groups excluding carboxylic acids is 2. The highest BCUT2D eigenvalue weighted by Gasteiger charge is 2.53. The van der Waals surface area contributed by atoms with Gasteiger partial charge >= 0.3 is 11.9 Å². The number of esters is 2. The summed E-state index contributed by atoms with van der Waals surface area (Å²) >= 11 is 0. The van der Waals surface area contributed by atoms with Gasteiger partial charge in [0.15, 0.2) is 12.4 Å². The van der Waals surface area contributed by atoms with Crippen molar-refractivity contribution in [3.63, 3.8) is 0 Å². The zero-order valence-corrected chi connectivity index (χ0v) is 37.7. The fourth-order valence-corrected chi connectivity index (χ4v) is 8.44. The highest BCUT2D eigenvalue weighted by Crippen LogP contribution is 2.31. The molecule has 0 aromatic rings. The van der Waals surface area contributed by atoms with Gasteiger partial charge in [-0.05, 0) is 18.8 Å². The highest BCUT2D eigenvalue weighted by molar-refractivity contribution is 5.70. The summed E-state index contributed by atoms with van der Waals surface area (Å²) in [4.78, 5) is 25.8. The lowest BCUT2D eigenvalue weighted by Crippen LogP contribution is -2.67. The van der Waals surface area contributed by atoms with E-state index >= 15 is 0 Å². The Morgan fingerprint density at radius 2 is 0.833 bits per heavy atom. The van der Waals surface area contributed by atoms with Gasteiger partial charge in [-0.3, -0.25) is 9.59 Å². The molecule has 60 heavy (non-hydrogen) atoms. The van der Waals surface area contributed by atoms with E-state index in [-0.39, 0.29) is 12.8 Å². The first-order valence-electron chi connectivity index (χ1n) is 24.3. The Bertz CT molecular complexity index is 1060. The third-order valence-corrected chi connectivity index (χ3v) is 12.5. The molecule has 0 radical (unpaired) electrons. The Morgan fingerprint density at radius 3 is 1.28 bits per heavy atom. The molecule has 1 heterocycles. The summed E-state index contributed by atoms with van der Waals surface area (Å²) in [6.45, 7) is 6.35. The second-order valence-corrected chi connectivity index (χ2v) is 18.0. The van der Waals surface area contributed by atoms with Crippen molar-refractivity contribution in [2.24, 2.45) is 5.92 Å². The van der Waals surface area contributed by atoms with Crippen LogP contribution in [0.1, 0.15) is 207 Å². The van der Waals surface area contributed by atoms with Gasteiger partial charge in [0.1, 0.15) is 61.5 Å². The summed E-state index contributed by atoms with van der Waals surface area (Å²) in [5.74, 6) is -0.398. The minimum atomic E-state index is -1.89. The largest absolute Gasteiger partial charge is 0.463 e. The minimum Gasteiger partial charge on any atom is -0.463 e. The average Bonchev–Trinajstić information content (AvgIpc) is 3.23. The molecular formula is C47H88O13. The molecule has 0 bridgehead atoms. The van der Waals surface area contributed by atoms with E-state index in [1.807, 2.05) is 0 Å². The zero-order valence-electron chi connectivity index (χ0n) is 37.7. The van der Waals surface area contributed by atoms with E-state index in [0.29, 0.717) is 12.8 Å². The first-order valence-corrected chi connectivity index (χ1v) is 24.3. The van der Waals surface area contributed by atoms with Gasteiger partial charge in [-0.15, -0.1) is 0 Å². The van der Waals surface area contributed by atoms with Crippen LogP contribution >= 0.6 is 0 Å². The summed E-state index contributed by atoms with van der Waals surface area (Å²) in [5.41, 5.74) is 0. The second-order valence-electron chi connectivity index (χ2n) is 18.0. The lowest BCUT2D eigenvalue weighted by atomic mass is 9.84. The van der Waals surface area contributed by atoms with Crippen LogP contribution in [0.15, 0.2) is 0 Å². The Kier molecular flexibility index (Phi) is 30.2. The molecule has 1 saturated carbocycles. The molecule has 13 nitrogen and oxygen atoms in total. The summed E-state index contributed by atoms with van der Waals surface area (Å²) < 4.78 is 22.6. The van der Waals surface area contributed by atoms with Crippen LogP contribution in [0.25, 0.3) is 0 Å². The Labute approximate surface area is 362 Å². The maximum Gasteiger partial charge on any atom is 0.306 e. The van der Waals surface area contributed by atoms with Gasteiger partial charge in [-0.1, -0.05) is 181 Å². The average molecular weight is 861 g/mol. The van der Waals surface area contributed by atoms with Crippen molar-refractivity contribution in [2.45, 2.75) is 274 Å². The smallest absolute Gasteiger partial charge is 0.306 e. The lowest BCUT2D eigenvalue weighted by Gasteiger charge is -2.46. The van der Waals surface area contributed by atoms with E-state index in [1.54, 1.807) is 0 Å². The first kappa shape index (κ1) is 54.7. The fourth-order valence-electron chi connectivity index (χ4n) is 8.44. The third-order valence-electron chi connectivity index (χ3n) is 12.5. The van der Waals surface area contributed by atoms with Crippen LogP contribution in [0.3, 0.4) is 0 Å². The molecule has 0 amide bonds. The van der Waals surface area contributed by atoms with Crippen LogP contribution in [0, 0.1) is 5.92 Å². The third kappa shape index (κ3) is 21.8. The number of ether oxygens (including phenoxy) is 4. The molecule has 2 aliphatic rings. The van der Waals surface area contributed by atoms with E-state index in [0.717, 1.165) is 50.9 Å². The molecule has 1 aliphatic carbocycles. The van der Waals surface area contributed by atoms with E-state index < -0.39 is 85.9 Å².